The highest BCUT2D eigenvalue weighted by Crippen LogP contribution is 2.41. The van der Waals surface area contributed by atoms with Gasteiger partial charge < -0.3 is 10.0 Å². The van der Waals surface area contributed by atoms with Gasteiger partial charge in [0.15, 0.2) is 0 Å². The van der Waals surface area contributed by atoms with E-state index in [0.717, 1.165) is 25.7 Å². The molecule has 1 aliphatic carbocycles. The summed E-state index contributed by atoms with van der Waals surface area (Å²) in [6.45, 7) is 4.91. The Morgan fingerprint density at radius 3 is 2.24 bits per heavy atom. The minimum atomic E-state index is -4.42. The first-order valence-corrected chi connectivity index (χ1v) is 7.60. The Hall–Kier alpha value is -0.780. The van der Waals surface area contributed by atoms with Crippen LogP contribution in [0.15, 0.2) is 0 Å². The van der Waals surface area contributed by atoms with Gasteiger partial charge in [0.2, 0.25) is 0 Å². The van der Waals surface area contributed by atoms with Gasteiger partial charge in [-0.15, -0.1) is 0 Å². The van der Waals surface area contributed by atoms with Crippen LogP contribution in [0.2, 0.25) is 0 Å². The average Bonchev–Trinajstić information content (AvgIpc) is 2.76. The van der Waals surface area contributed by atoms with Crippen molar-refractivity contribution in [1.29, 1.82) is 0 Å². The van der Waals surface area contributed by atoms with E-state index in [1.165, 1.54) is 0 Å². The van der Waals surface area contributed by atoms with E-state index in [9.17, 15) is 18.0 Å². The van der Waals surface area contributed by atoms with Crippen LogP contribution < -0.4 is 0 Å². The minimum absolute atomic E-state index is 0.0272. The number of nitrogens with zero attached hydrogens (tertiary/aromatic N) is 1. The normalized spacial score (nSPS) is 31.5. The summed E-state index contributed by atoms with van der Waals surface area (Å²) in [7, 11) is 0. The number of aliphatic carboxylic acids is 1. The van der Waals surface area contributed by atoms with E-state index < -0.39 is 24.0 Å². The standard InChI is InChI=1S/C15H24F3NO2/c1-14(2)5-3-10(4-6-14)7-19-8-11(13(20)21)12(9-19)15(16,17)18/h10-12H,3-9H2,1-2H3,(H,20,21)/t11-,12-/m1/s1. The maximum absolute atomic E-state index is 12.9. The zero-order chi connectivity index (χ0) is 15.8. The Morgan fingerprint density at radius 1 is 1.24 bits per heavy atom. The van der Waals surface area contributed by atoms with Crippen LogP contribution in [0.1, 0.15) is 39.5 Å². The average molecular weight is 307 g/mol. The molecule has 21 heavy (non-hydrogen) atoms. The molecule has 2 fully saturated rings. The molecule has 0 bridgehead atoms. The molecule has 0 aromatic heterocycles. The lowest BCUT2D eigenvalue weighted by molar-refractivity contribution is -0.188. The first kappa shape index (κ1) is 16.6. The second-order valence-electron chi connectivity index (χ2n) is 7.42. The van der Waals surface area contributed by atoms with Crippen LogP contribution in [-0.4, -0.2) is 41.8 Å². The number of carboxylic acid groups (broad SMARTS) is 1. The zero-order valence-electron chi connectivity index (χ0n) is 12.6. The summed E-state index contributed by atoms with van der Waals surface area (Å²) in [6, 6.07) is 0. The summed E-state index contributed by atoms with van der Waals surface area (Å²) in [6.07, 6.45) is -0.185. The molecule has 1 saturated carbocycles. The fourth-order valence-corrected chi connectivity index (χ4v) is 3.62. The molecule has 3 nitrogen and oxygen atoms in total. The predicted molar refractivity (Wildman–Crippen MR) is 72.8 cm³/mol. The molecule has 0 unspecified atom stereocenters. The first-order valence-electron chi connectivity index (χ1n) is 7.60. The second kappa shape index (κ2) is 5.78. The highest BCUT2D eigenvalue weighted by atomic mass is 19.4. The van der Waals surface area contributed by atoms with Crippen LogP contribution in [0, 0.1) is 23.2 Å². The second-order valence-corrected chi connectivity index (χ2v) is 7.42. The number of hydrogen-bond acceptors (Lipinski definition) is 2. The third-order valence-electron chi connectivity index (χ3n) is 5.11. The smallest absolute Gasteiger partial charge is 0.393 e. The zero-order valence-corrected chi connectivity index (χ0v) is 12.6. The Labute approximate surface area is 123 Å². The molecule has 0 spiro atoms. The van der Waals surface area contributed by atoms with Gasteiger partial charge in [0.1, 0.15) is 0 Å². The summed E-state index contributed by atoms with van der Waals surface area (Å²) in [5, 5.41) is 9.01. The largest absolute Gasteiger partial charge is 0.481 e. The monoisotopic (exact) mass is 307 g/mol. The van der Waals surface area contributed by atoms with Crippen LogP contribution in [0.3, 0.4) is 0 Å². The molecule has 0 aromatic rings. The topological polar surface area (TPSA) is 40.5 Å². The molecular weight excluding hydrogens is 283 g/mol. The Bertz CT molecular complexity index is 385. The van der Waals surface area contributed by atoms with E-state index in [-0.39, 0.29) is 13.1 Å². The van der Waals surface area contributed by atoms with E-state index in [4.69, 9.17) is 5.11 Å². The Kier molecular flexibility index (Phi) is 4.57. The lowest BCUT2D eigenvalue weighted by atomic mass is 9.73. The molecule has 1 aliphatic heterocycles. The third kappa shape index (κ3) is 4.11. The molecule has 6 heteroatoms. The third-order valence-corrected chi connectivity index (χ3v) is 5.11. The maximum atomic E-state index is 12.9. The molecule has 1 saturated heterocycles. The molecule has 2 rings (SSSR count). The fourth-order valence-electron chi connectivity index (χ4n) is 3.62. The van der Waals surface area contributed by atoms with Gasteiger partial charge in [-0.1, -0.05) is 13.8 Å². The summed E-state index contributed by atoms with van der Waals surface area (Å²) >= 11 is 0. The first-order chi connectivity index (χ1) is 9.58. The molecular formula is C15H24F3NO2. The fraction of sp³-hybridized carbons (Fsp3) is 0.933. The summed E-state index contributed by atoms with van der Waals surface area (Å²) in [4.78, 5) is 12.8. The van der Waals surface area contributed by atoms with Gasteiger partial charge >= 0.3 is 12.1 Å². The lowest BCUT2D eigenvalue weighted by Crippen LogP contribution is -2.34. The summed E-state index contributed by atoms with van der Waals surface area (Å²) in [5.74, 6) is -3.97. The SMILES string of the molecule is CC1(C)CCC(CN2C[C@@H](C(F)(F)F)[C@H](C(=O)O)C2)CC1. The number of carboxylic acids is 1. The van der Waals surface area contributed by atoms with E-state index in [2.05, 4.69) is 13.8 Å². The maximum Gasteiger partial charge on any atom is 0.393 e. The molecule has 122 valence electrons. The summed E-state index contributed by atoms with van der Waals surface area (Å²) in [5.41, 5.74) is 0.333. The van der Waals surface area contributed by atoms with Crippen LogP contribution in [-0.2, 0) is 4.79 Å². The van der Waals surface area contributed by atoms with Gasteiger partial charge in [0.25, 0.3) is 0 Å². The number of rotatable bonds is 3. The van der Waals surface area contributed by atoms with Crippen molar-refractivity contribution in [3.05, 3.63) is 0 Å². The van der Waals surface area contributed by atoms with Crippen molar-refractivity contribution in [3.8, 4) is 0 Å². The highest BCUT2D eigenvalue weighted by molar-refractivity contribution is 5.71. The Morgan fingerprint density at radius 2 is 1.81 bits per heavy atom. The van der Waals surface area contributed by atoms with Gasteiger partial charge in [-0.25, -0.2) is 0 Å². The van der Waals surface area contributed by atoms with Crippen LogP contribution in [0.5, 0.6) is 0 Å². The minimum Gasteiger partial charge on any atom is -0.481 e. The molecule has 0 amide bonds. The molecule has 1 heterocycles. The lowest BCUT2D eigenvalue weighted by Gasteiger charge is -2.36. The van der Waals surface area contributed by atoms with Crippen molar-refractivity contribution in [3.63, 3.8) is 0 Å². The molecule has 0 aromatic carbocycles. The molecule has 2 aliphatic rings. The van der Waals surface area contributed by atoms with E-state index >= 15 is 0 Å². The van der Waals surface area contributed by atoms with E-state index in [0.29, 0.717) is 17.9 Å². The van der Waals surface area contributed by atoms with Gasteiger partial charge in [0.05, 0.1) is 11.8 Å². The van der Waals surface area contributed by atoms with E-state index in [1.807, 2.05) is 0 Å². The number of alkyl halides is 3. The van der Waals surface area contributed by atoms with Crippen molar-refractivity contribution in [2.75, 3.05) is 19.6 Å². The quantitative estimate of drug-likeness (QED) is 0.869. The number of hydrogen-bond donors (Lipinski definition) is 1. The van der Waals surface area contributed by atoms with Gasteiger partial charge in [-0.05, 0) is 37.0 Å². The van der Waals surface area contributed by atoms with Crippen LogP contribution in [0.25, 0.3) is 0 Å². The van der Waals surface area contributed by atoms with Crippen LogP contribution in [0.4, 0.5) is 13.2 Å². The summed E-state index contributed by atoms with van der Waals surface area (Å²) < 4.78 is 38.8. The van der Waals surface area contributed by atoms with Gasteiger partial charge in [0, 0.05) is 19.6 Å². The van der Waals surface area contributed by atoms with Crippen LogP contribution >= 0.6 is 0 Å². The van der Waals surface area contributed by atoms with Crippen molar-refractivity contribution < 1.29 is 23.1 Å². The number of halogens is 3. The van der Waals surface area contributed by atoms with Crippen molar-refractivity contribution in [2.45, 2.75) is 45.7 Å². The highest BCUT2D eigenvalue weighted by Gasteiger charge is 2.52. The number of likely N-dealkylation sites (tertiary alicyclic amines) is 1. The number of carbonyl (C=O) groups is 1. The van der Waals surface area contributed by atoms with Crippen molar-refractivity contribution in [1.82, 2.24) is 4.90 Å². The predicted octanol–water partition coefficient (Wildman–Crippen LogP) is 3.40. The van der Waals surface area contributed by atoms with Crippen molar-refractivity contribution >= 4 is 5.97 Å². The Balaban J connectivity index is 1.92. The molecule has 2 atom stereocenters. The van der Waals surface area contributed by atoms with E-state index in [1.54, 1.807) is 4.90 Å². The van der Waals surface area contributed by atoms with Gasteiger partial charge in [-0.2, -0.15) is 13.2 Å². The van der Waals surface area contributed by atoms with Gasteiger partial charge in [-0.3, -0.25) is 4.79 Å². The molecule has 1 N–H and O–H groups in total. The molecule has 0 radical (unpaired) electrons. The van der Waals surface area contributed by atoms with Crippen molar-refractivity contribution in [2.24, 2.45) is 23.2 Å².